The molecule has 104 valence electrons. The number of hydrogen-bond acceptors (Lipinski definition) is 3. The van der Waals surface area contributed by atoms with Gasteiger partial charge in [0.25, 0.3) is 5.91 Å². The second-order valence-corrected chi connectivity index (χ2v) is 4.22. The van der Waals surface area contributed by atoms with Gasteiger partial charge < -0.3 is 15.4 Å². The van der Waals surface area contributed by atoms with Crippen LogP contribution in [0.2, 0.25) is 0 Å². The molecule has 1 rings (SSSR count). The summed E-state index contributed by atoms with van der Waals surface area (Å²) in [7, 11) is 1.55. The summed E-state index contributed by atoms with van der Waals surface area (Å²) in [5.41, 5.74) is 1.67. The molecule has 0 saturated heterocycles. The minimum absolute atomic E-state index is 0.0772. The maximum atomic E-state index is 11.8. The highest BCUT2D eigenvalue weighted by atomic mass is 16.5. The van der Waals surface area contributed by atoms with Gasteiger partial charge in [0.1, 0.15) is 0 Å². The third kappa shape index (κ3) is 6.01. The lowest BCUT2D eigenvalue weighted by Crippen LogP contribution is -2.35. The van der Waals surface area contributed by atoms with Gasteiger partial charge in [0.05, 0.1) is 6.61 Å². The molecule has 0 heterocycles. The van der Waals surface area contributed by atoms with Crippen molar-refractivity contribution in [1.82, 2.24) is 10.6 Å². The molecule has 2 amide bonds. The van der Waals surface area contributed by atoms with Gasteiger partial charge in [-0.3, -0.25) is 9.59 Å². The van der Waals surface area contributed by atoms with Crippen LogP contribution in [-0.2, 0) is 9.53 Å². The number of ether oxygens (including phenoxy) is 1. The smallest absolute Gasteiger partial charge is 0.251 e. The fourth-order valence-electron chi connectivity index (χ4n) is 1.55. The minimum Gasteiger partial charge on any atom is -0.384 e. The Morgan fingerprint density at radius 1 is 1.21 bits per heavy atom. The van der Waals surface area contributed by atoms with E-state index in [4.69, 9.17) is 4.74 Å². The van der Waals surface area contributed by atoms with Gasteiger partial charge in [0, 0.05) is 32.2 Å². The Bertz CT molecular complexity index is 432. The van der Waals surface area contributed by atoms with E-state index in [0.717, 1.165) is 5.56 Å². The van der Waals surface area contributed by atoms with Crippen molar-refractivity contribution in [2.45, 2.75) is 13.3 Å². The molecule has 0 radical (unpaired) electrons. The van der Waals surface area contributed by atoms with E-state index in [9.17, 15) is 9.59 Å². The maximum absolute atomic E-state index is 11.8. The minimum atomic E-state index is -0.130. The topological polar surface area (TPSA) is 67.4 Å². The fourth-order valence-corrected chi connectivity index (χ4v) is 1.55. The van der Waals surface area contributed by atoms with Gasteiger partial charge >= 0.3 is 0 Å². The van der Waals surface area contributed by atoms with E-state index in [0.29, 0.717) is 31.7 Å². The highest BCUT2D eigenvalue weighted by Crippen LogP contribution is 2.03. The standard InChI is InChI=1S/C14H20N2O3/c1-11-4-3-5-12(10-11)14(18)16-8-7-15-13(17)6-9-19-2/h3-5,10H,6-9H2,1-2H3,(H,15,17)(H,16,18). The van der Waals surface area contributed by atoms with Gasteiger partial charge in [0.15, 0.2) is 0 Å². The maximum Gasteiger partial charge on any atom is 0.251 e. The highest BCUT2D eigenvalue weighted by molar-refractivity contribution is 5.94. The van der Waals surface area contributed by atoms with E-state index in [1.54, 1.807) is 13.2 Å². The monoisotopic (exact) mass is 264 g/mol. The summed E-state index contributed by atoms with van der Waals surface area (Å²) in [5, 5.41) is 5.45. The Morgan fingerprint density at radius 3 is 2.63 bits per heavy atom. The lowest BCUT2D eigenvalue weighted by molar-refractivity contribution is -0.121. The summed E-state index contributed by atoms with van der Waals surface area (Å²) in [4.78, 5) is 23.0. The number of benzene rings is 1. The van der Waals surface area contributed by atoms with E-state index < -0.39 is 0 Å². The van der Waals surface area contributed by atoms with Crippen molar-refractivity contribution in [2.24, 2.45) is 0 Å². The van der Waals surface area contributed by atoms with Crippen LogP contribution in [0.5, 0.6) is 0 Å². The molecular weight excluding hydrogens is 244 g/mol. The molecule has 1 aromatic carbocycles. The van der Waals surface area contributed by atoms with Crippen LogP contribution in [0.3, 0.4) is 0 Å². The Labute approximate surface area is 113 Å². The summed E-state index contributed by atoms with van der Waals surface area (Å²) in [6.07, 6.45) is 0.336. The van der Waals surface area contributed by atoms with Crippen LogP contribution in [-0.4, -0.2) is 38.6 Å². The first kappa shape index (κ1) is 15.2. The second kappa shape index (κ2) is 8.26. The molecule has 19 heavy (non-hydrogen) atoms. The fraction of sp³-hybridized carbons (Fsp3) is 0.429. The van der Waals surface area contributed by atoms with Crippen molar-refractivity contribution < 1.29 is 14.3 Å². The van der Waals surface area contributed by atoms with Crippen molar-refractivity contribution in [3.05, 3.63) is 35.4 Å². The molecular formula is C14H20N2O3. The average Bonchev–Trinajstić information content (AvgIpc) is 2.41. The van der Waals surface area contributed by atoms with Crippen molar-refractivity contribution in [3.8, 4) is 0 Å². The van der Waals surface area contributed by atoms with Gasteiger partial charge in [-0.25, -0.2) is 0 Å². The molecule has 0 atom stereocenters. The Kier molecular flexibility index (Phi) is 6.60. The largest absolute Gasteiger partial charge is 0.384 e. The van der Waals surface area contributed by atoms with Crippen LogP contribution in [0.1, 0.15) is 22.3 Å². The molecule has 0 bridgehead atoms. The van der Waals surface area contributed by atoms with Crippen molar-refractivity contribution in [1.29, 1.82) is 0 Å². The van der Waals surface area contributed by atoms with Gasteiger partial charge in [-0.1, -0.05) is 17.7 Å². The lowest BCUT2D eigenvalue weighted by atomic mass is 10.1. The molecule has 0 aromatic heterocycles. The van der Waals surface area contributed by atoms with Crippen LogP contribution in [0.4, 0.5) is 0 Å². The number of hydrogen-bond donors (Lipinski definition) is 2. The number of nitrogens with one attached hydrogen (secondary N) is 2. The lowest BCUT2D eigenvalue weighted by Gasteiger charge is -2.07. The van der Waals surface area contributed by atoms with E-state index in [-0.39, 0.29) is 11.8 Å². The van der Waals surface area contributed by atoms with Gasteiger partial charge in [-0.2, -0.15) is 0 Å². The summed E-state index contributed by atoms with van der Waals surface area (Å²) in [6, 6.07) is 7.37. The zero-order valence-electron chi connectivity index (χ0n) is 11.4. The van der Waals surface area contributed by atoms with E-state index in [1.165, 1.54) is 0 Å². The van der Waals surface area contributed by atoms with Crippen molar-refractivity contribution in [3.63, 3.8) is 0 Å². The van der Waals surface area contributed by atoms with Crippen LogP contribution in [0.25, 0.3) is 0 Å². The van der Waals surface area contributed by atoms with Gasteiger partial charge in [0.2, 0.25) is 5.91 Å². The molecule has 0 spiro atoms. The number of carbonyl (C=O) groups excluding carboxylic acids is 2. The zero-order valence-corrected chi connectivity index (χ0v) is 11.4. The molecule has 0 fully saturated rings. The third-order valence-electron chi connectivity index (χ3n) is 2.55. The summed E-state index contributed by atoms with van der Waals surface area (Å²) in [5.74, 6) is -0.207. The first-order valence-electron chi connectivity index (χ1n) is 6.24. The molecule has 1 aromatic rings. The SMILES string of the molecule is COCCC(=O)NCCNC(=O)c1cccc(C)c1. The van der Waals surface area contributed by atoms with Crippen LogP contribution >= 0.6 is 0 Å². The highest BCUT2D eigenvalue weighted by Gasteiger charge is 2.05. The Hall–Kier alpha value is -1.88. The molecule has 0 aliphatic heterocycles. The predicted molar refractivity (Wildman–Crippen MR) is 73.0 cm³/mol. The molecule has 0 aliphatic rings. The molecule has 0 saturated carbocycles. The first-order chi connectivity index (χ1) is 9.13. The summed E-state index contributed by atoms with van der Waals surface area (Å²) < 4.78 is 4.80. The predicted octanol–water partition coefficient (Wildman–Crippen LogP) is 0.878. The summed E-state index contributed by atoms with van der Waals surface area (Å²) >= 11 is 0. The van der Waals surface area contributed by atoms with E-state index in [1.807, 2.05) is 25.1 Å². The normalized spacial score (nSPS) is 10.0. The number of rotatable bonds is 7. The second-order valence-electron chi connectivity index (χ2n) is 4.22. The molecule has 5 nitrogen and oxygen atoms in total. The molecule has 5 heteroatoms. The average molecular weight is 264 g/mol. The quantitative estimate of drug-likeness (QED) is 0.718. The molecule has 0 unspecified atom stereocenters. The van der Waals surface area contributed by atoms with Crippen LogP contribution < -0.4 is 10.6 Å². The van der Waals surface area contributed by atoms with Crippen LogP contribution in [0.15, 0.2) is 24.3 Å². The van der Waals surface area contributed by atoms with Crippen molar-refractivity contribution in [2.75, 3.05) is 26.8 Å². The van der Waals surface area contributed by atoms with E-state index in [2.05, 4.69) is 10.6 Å². The van der Waals surface area contributed by atoms with Gasteiger partial charge in [-0.05, 0) is 19.1 Å². The number of methoxy groups -OCH3 is 1. The van der Waals surface area contributed by atoms with E-state index >= 15 is 0 Å². The first-order valence-corrected chi connectivity index (χ1v) is 6.24. The van der Waals surface area contributed by atoms with Gasteiger partial charge in [-0.15, -0.1) is 0 Å². The molecule has 0 aliphatic carbocycles. The van der Waals surface area contributed by atoms with Crippen LogP contribution in [0, 0.1) is 6.92 Å². The Balaban J connectivity index is 2.22. The molecule has 2 N–H and O–H groups in total. The number of aryl methyl sites for hydroxylation is 1. The van der Waals surface area contributed by atoms with Crippen molar-refractivity contribution >= 4 is 11.8 Å². The number of amides is 2. The Morgan fingerprint density at radius 2 is 1.95 bits per heavy atom. The number of carbonyl (C=O) groups is 2. The third-order valence-corrected chi connectivity index (χ3v) is 2.55. The summed E-state index contributed by atoms with van der Waals surface area (Å²) in [6.45, 7) is 3.17. The zero-order chi connectivity index (χ0) is 14.1.